The molecule has 0 saturated heterocycles. The number of aromatic hydroxyl groups is 1. The smallest absolute Gasteiger partial charge is 0.321 e. The molecule has 15 heteroatoms. The van der Waals surface area contributed by atoms with Gasteiger partial charge in [0.1, 0.15) is 23.9 Å². The number of guanidine groups is 1. The van der Waals surface area contributed by atoms with Crippen LogP contribution in [0.5, 0.6) is 5.75 Å². The van der Waals surface area contributed by atoms with E-state index in [-0.39, 0.29) is 56.4 Å². The van der Waals surface area contributed by atoms with Crippen LogP contribution in [0.2, 0.25) is 0 Å². The number of rotatable bonds is 7. The molecule has 260 valence electrons. The molecular formula is C33H47N9O6. The lowest BCUT2D eigenvalue weighted by Gasteiger charge is -2.26. The van der Waals surface area contributed by atoms with E-state index in [2.05, 4.69) is 31.6 Å². The van der Waals surface area contributed by atoms with E-state index in [1.54, 1.807) is 56.3 Å². The molecule has 0 spiro atoms. The summed E-state index contributed by atoms with van der Waals surface area (Å²) in [5.74, 6) is -2.28. The van der Waals surface area contributed by atoms with Crippen molar-refractivity contribution in [2.75, 3.05) is 19.6 Å². The zero-order chi connectivity index (χ0) is 35.2. The minimum Gasteiger partial charge on any atom is -0.508 e. The summed E-state index contributed by atoms with van der Waals surface area (Å²) in [6, 6.07) is 6.64. The lowest BCUT2D eigenvalue weighted by atomic mass is 9.95. The number of carbonyl (C=O) groups excluding carboxylic acids is 5. The van der Waals surface area contributed by atoms with Crippen molar-refractivity contribution in [3.63, 3.8) is 0 Å². The second-order valence-electron chi connectivity index (χ2n) is 11.8. The van der Waals surface area contributed by atoms with E-state index in [0.29, 0.717) is 36.0 Å². The predicted molar refractivity (Wildman–Crippen MR) is 181 cm³/mol. The maximum Gasteiger partial charge on any atom is 0.321 e. The quantitative estimate of drug-likeness (QED) is 0.177. The van der Waals surface area contributed by atoms with Crippen molar-refractivity contribution in [1.29, 1.82) is 0 Å². The number of phenols is 1. The molecule has 0 aromatic heterocycles. The molecule has 12 N–H and O–H groups in total. The highest BCUT2D eigenvalue weighted by atomic mass is 16.3. The van der Waals surface area contributed by atoms with E-state index in [0.717, 1.165) is 5.56 Å². The first-order chi connectivity index (χ1) is 22.9. The highest BCUT2D eigenvalue weighted by Gasteiger charge is 2.31. The number of aliphatic imine (C=N–C) groups is 1. The Balaban J connectivity index is 1.90. The van der Waals surface area contributed by atoms with Crippen LogP contribution in [0.3, 0.4) is 0 Å². The molecule has 2 aromatic carbocycles. The number of carbonyl (C=O) groups is 5. The molecule has 1 unspecified atom stereocenters. The van der Waals surface area contributed by atoms with Crippen molar-refractivity contribution in [3.05, 3.63) is 64.7 Å². The number of Topliss-reactive ketones (excluding diaryl/α,β-unsaturated/α-hetero) is 1. The second kappa shape index (κ2) is 18.4. The van der Waals surface area contributed by atoms with Gasteiger partial charge in [0.25, 0.3) is 0 Å². The Kier molecular flexibility index (Phi) is 14.3. The number of hydrogen-bond acceptors (Lipinski definition) is 10. The molecule has 2 aromatic rings. The number of nitrogens with two attached hydrogens (primary N) is 3. The van der Waals surface area contributed by atoms with Gasteiger partial charge in [-0.3, -0.25) is 29.5 Å². The Morgan fingerprint density at radius 2 is 1.69 bits per heavy atom. The molecular weight excluding hydrogens is 618 g/mol. The van der Waals surface area contributed by atoms with E-state index >= 15 is 0 Å². The topological polar surface area (TPSA) is 256 Å². The highest BCUT2D eigenvalue weighted by molar-refractivity contribution is 6.03. The number of aryl methyl sites for hydroxylation is 2. The molecule has 0 saturated carbocycles. The number of hydrogen-bond donors (Lipinski definition) is 9. The Morgan fingerprint density at radius 1 is 1.00 bits per heavy atom. The number of nitrogens with one attached hydrogen (secondary N) is 5. The lowest BCUT2D eigenvalue weighted by Crippen LogP contribution is -2.58. The van der Waals surface area contributed by atoms with E-state index in [9.17, 15) is 29.1 Å². The van der Waals surface area contributed by atoms with Crippen molar-refractivity contribution >= 4 is 35.5 Å². The van der Waals surface area contributed by atoms with Crippen LogP contribution in [0.25, 0.3) is 0 Å². The van der Waals surface area contributed by atoms with E-state index < -0.39 is 47.9 Å². The van der Waals surface area contributed by atoms with Crippen molar-refractivity contribution in [2.45, 2.75) is 76.5 Å². The normalized spacial score (nSPS) is 21.0. The summed E-state index contributed by atoms with van der Waals surface area (Å²) in [5.41, 5.74) is 20.4. The third-order valence-electron chi connectivity index (χ3n) is 8.02. The van der Waals surface area contributed by atoms with Crippen LogP contribution in [0.4, 0.5) is 4.79 Å². The van der Waals surface area contributed by atoms with Gasteiger partial charge in [-0.05, 0) is 74.8 Å². The molecule has 48 heavy (non-hydrogen) atoms. The van der Waals surface area contributed by atoms with Gasteiger partial charge < -0.3 is 43.6 Å². The lowest BCUT2D eigenvalue weighted by molar-refractivity contribution is -0.132. The zero-order valence-corrected chi connectivity index (χ0v) is 27.4. The molecule has 0 bridgehead atoms. The van der Waals surface area contributed by atoms with Crippen LogP contribution in [-0.2, 0) is 20.8 Å². The Labute approximate surface area is 279 Å². The number of benzene rings is 2. The van der Waals surface area contributed by atoms with Crippen molar-refractivity contribution in [2.24, 2.45) is 22.2 Å². The summed E-state index contributed by atoms with van der Waals surface area (Å²) in [5, 5.41) is 23.3. The first-order valence-corrected chi connectivity index (χ1v) is 16.0. The van der Waals surface area contributed by atoms with Gasteiger partial charge in [0.15, 0.2) is 11.7 Å². The fourth-order valence-electron chi connectivity index (χ4n) is 5.35. The molecule has 5 amide bonds. The monoisotopic (exact) mass is 665 g/mol. The summed E-state index contributed by atoms with van der Waals surface area (Å²) >= 11 is 0. The van der Waals surface area contributed by atoms with Gasteiger partial charge in [-0.15, -0.1) is 0 Å². The molecule has 3 rings (SSSR count). The minimum atomic E-state index is -1.14. The fourth-order valence-corrected chi connectivity index (χ4v) is 5.35. The molecule has 0 fully saturated rings. The third kappa shape index (κ3) is 11.3. The standard InChI is InChI=1S/C33H47N9O6/c1-19-15-22(43)16-20(2)23(19)17-26-31(47)39-25(30(46)41-27(18-34)28(44)21-9-4-3-5-10-21)12-6-7-13-38-33(48)42-32(36)37-14-8-11-24(35)29(45)40-26/h3-5,9-10,15-16,24-27,43H,6-8,11-14,17-18,34-35H2,1-2H3,(H,39,47)(H,40,45)(H,41,46)(H4,36,37,38,42,48)/t24-,25+,26+,27?/m1/s1. The van der Waals surface area contributed by atoms with Gasteiger partial charge in [-0.25, -0.2) is 4.79 Å². The number of nitrogens with zero attached hydrogens (tertiary/aromatic N) is 1. The average Bonchev–Trinajstić information content (AvgIpc) is 3.05. The Hall–Kier alpha value is -5.02. The van der Waals surface area contributed by atoms with Gasteiger partial charge >= 0.3 is 6.03 Å². The Morgan fingerprint density at radius 3 is 2.35 bits per heavy atom. The van der Waals surface area contributed by atoms with Gasteiger partial charge in [-0.1, -0.05) is 30.3 Å². The van der Waals surface area contributed by atoms with Crippen LogP contribution in [-0.4, -0.2) is 84.4 Å². The average molecular weight is 666 g/mol. The van der Waals surface area contributed by atoms with Crippen LogP contribution < -0.4 is 43.8 Å². The number of urea groups is 1. The summed E-state index contributed by atoms with van der Waals surface area (Å²) in [4.78, 5) is 70.2. The second-order valence-corrected chi connectivity index (χ2v) is 11.8. The van der Waals surface area contributed by atoms with E-state index in [1.807, 2.05) is 0 Å². The van der Waals surface area contributed by atoms with Crippen LogP contribution in [0.1, 0.15) is 59.2 Å². The third-order valence-corrected chi connectivity index (χ3v) is 8.02. The summed E-state index contributed by atoms with van der Waals surface area (Å²) in [6.07, 6.45) is 1.60. The molecule has 1 aliphatic rings. The van der Waals surface area contributed by atoms with Crippen LogP contribution in [0, 0.1) is 13.8 Å². The van der Waals surface area contributed by atoms with Crippen molar-refractivity contribution in [1.82, 2.24) is 26.6 Å². The van der Waals surface area contributed by atoms with Crippen molar-refractivity contribution in [3.8, 4) is 5.75 Å². The number of amides is 5. The summed E-state index contributed by atoms with van der Waals surface area (Å²) in [7, 11) is 0. The molecule has 15 nitrogen and oxygen atoms in total. The maximum atomic E-state index is 13.9. The summed E-state index contributed by atoms with van der Waals surface area (Å²) in [6.45, 7) is 3.83. The first kappa shape index (κ1) is 37.4. The first-order valence-electron chi connectivity index (χ1n) is 16.0. The predicted octanol–water partition coefficient (Wildman–Crippen LogP) is -0.247. The molecule has 0 radical (unpaired) electrons. The van der Waals surface area contributed by atoms with Crippen LogP contribution >= 0.6 is 0 Å². The van der Waals surface area contributed by atoms with E-state index in [4.69, 9.17) is 17.2 Å². The molecule has 4 atom stereocenters. The molecule has 1 heterocycles. The Bertz CT molecular complexity index is 1460. The fraction of sp³-hybridized carbons (Fsp3) is 0.455. The maximum absolute atomic E-state index is 13.9. The highest BCUT2D eigenvalue weighted by Crippen LogP contribution is 2.22. The summed E-state index contributed by atoms with van der Waals surface area (Å²) < 4.78 is 0. The van der Waals surface area contributed by atoms with Crippen molar-refractivity contribution < 1.29 is 29.1 Å². The van der Waals surface area contributed by atoms with Gasteiger partial charge in [0, 0.05) is 31.6 Å². The molecule has 0 aliphatic carbocycles. The van der Waals surface area contributed by atoms with Crippen LogP contribution in [0.15, 0.2) is 47.5 Å². The van der Waals surface area contributed by atoms with Gasteiger partial charge in [0.05, 0.1) is 6.04 Å². The number of ketones is 1. The largest absolute Gasteiger partial charge is 0.508 e. The molecule has 1 aliphatic heterocycles. The zero-order valence-electron chi connectivity index (χ0n) is 27.4. The SMILES string of the molecule is Cc1cc(O)cc(C)c1C[C@@H]1NC(=O)[C@H](N)CCCN=C(N)NC(=O)NCCCC[C@@H](C(=O)NC(CN)C(=O)c2ccccc2)NC1=O. The van der Waals surface area contributed by atoms with Gasteiger partial charge in [-0.2, -0.15) is 0 Å². The van der Waals surface area contributed by atoms with E-state index in [1.165, 1.54) is 0 Å². The number of phenolic OH excluding ortho intramolecular Hbond substituents is 1. The van der Waals surface area contributed by atoms with Gasteiger partial charge in [0.2, 0.25) is 17.7 Å². The minimum absolute atomic E-state index is 0.0486.